The highest BCUT2D eigenvalue weighted by molar-refractivity contribution is 8.00. The fourth-order valence-electron chi connectivity index (χ4n) is 4.69. The average Bonchev–Trinajstić information content (AvgIpc) is 2.50. The second-order valence-corrected chi connectivity index (χ2v) is 9.74. The molecular formula is C20H38S. The predicted octanol–water partition coefficient (Wildman–Crippen LogP) is 7.08. The van der Waals surface area contributed by atoms with Crippen molar-refractivity contribution in [2.24, 2.45) is 17.8 Å². The molecule has 0 heterocycles. The molecule has 124 valence electrons. The highest BCUT2D eigenvalue weighted by Crippen LogP contribution is 2.47. The number of thioether (sulfide) groups is 1. The average molecular weight is 311 g/mol. The quantitative estimate of drug-likeness (QED) is 0.453. The highest BCUT2D eigenvalue weighted by Gasteiger charge is 2.35. The summed E-state index contributed by atoms with van der Waals surface area (Å²) in [5.41, 5.74) is 0. The normalized spacial score (nSPS) is 37.6. The third-order valence-electron chi connectivity index (χ3n) is 6.29. The number of rotatable bonds is 7. The fourth-order valence-corrected chi connectivity index (χ4v) is 6.14. The smallest absolute Gasteiger partial charge is 0.0132 e. The van der Waals surface area contributed by atoms with E-state index in [9.17, 15) is 0 Å². The van der Waals surface area contributed by atoms with Gasteiger partial charge in [-0.2, -0.15) is 11.8 Å². The van der Waals surface area contributed by atoms with Gasteiger partial charge in [0.1, 0.15) is 0 Å². The molecule has 2 aliphatic carbocycles. The topological polar surface area (TPSA) is 0 Å². The molecule has 0 saturated heterocycles. The van der Waals surface area contributed by atoms with Gasteiger partial charge in [0.2, 0.25) is 0 Å². The minimum absolute atomic E-state index is 0.616. The summed E-state index contributed by atoms with van der Waals surface area (Å²) in [4.78, 5) is 0. The van der Waals surface area contributed by atoms with Gasteiger partial charge in [-0.3, -0.25) is 0 Å². The molecule has 0 aromatic heterocycles. The van der Waals surface area contributed by atoms with Gasteiger partial charge in [0.05, 0.1) is 0 Å². The Morgan fingerprint density at radius 2 is 1.48 bits per heavy atom. The van der Waals surface area contributed by atoms with Crippen LogP contribution in [-0.2, 0) is 0 Å². The van der Waals surface area contributed by atoms with Crippen LogP contribution in [0.2, 0.25) is 0 Å². The summed E-state index contributed by atoms with van der Waals surface area (Å²) in [5.74, 6) is 4.63. The summed E-state index contributed by atoms with van der Waals surface area (Å²) < 4.78 is 0.616. The van der Waals surface area contributed by atoms with Gasteiger partial charge in [0.25, 0.3) is 0 Å². The molecule has 0 unspecified atom stereocenters. The SMILES string of the molecule is CCCCSC1(C)CCC(C2CCC(CCC)CC2)CC1. The number of unbranched alkanes of at least 4 members (excludes halogenated alkanes) is 1. The maximum Gasteiger partial charge on any atom is 0.0132 e. The summed E-state index contributed by atoms with van der Waals surface area (Å²) in [6.07, 6.45) is 17.9. The van der Waals surface area contributed by atoms with Crippen LogP contribution in [0.3, 0.4) is 0 Å². The Morgan fingerprint density at radius 3 is 2.05 bits per heavy atom. The maximum atomic E-state index is 2.54. The van der Waals surface area contributed by atoms with Crippen LogP contribution in [0.4, 0.5) is 0 Å². The molecule has 0 amide bonds. The maximum absolute atomic E-state index is 2.54. The van der Waals surface area contributed by atoms with E-state index in [4.69, 9.17) is 0 Å². The molecule has 0 bridgehead atoms. The summed E-state index contributed by atoms with van der Waals surface area (Å²) in [6.45, 7) is 7.21. The molecule has 0 N–H and O–H groups in total. The lowest BCUT2D eigenvalue weighted by Crippen LogP contribution is -2.32. The molecule has 21 heavy (non-hydrogen) atoms. The Kier molecular flexibility index (Phi) is 7.46. The first-order valence-electron chi connectivity index (χ1n) is 9.81. The van der Waals surface area contributed by atoms with Crippen molar-refractivity contribution >= 4 is 11.8 Å². The summed E-state index contributed by atoms with van der Waals surface area (Å²) in [7, 11) is 0. The lowest BCUT2D eigenvalue weighted by molar-refractivity contribution is 0.154. The van der Waals surface area contributed by atoms with Crippen molar-refractivity contribution in [1.29, 1.82) is 0 Å². The van der Waals surface area contributed by atoms with Gasteiger partial charge >= 0.3 is 0 Å². The molecule has 2 fully saturated rings. The van der Waals surface area contributed by atoms with Crippen molar-refractivity contribution in [2.45, 2.75) is 103 Å². The minimum Gasteiger partial charge on any atom is -0.155 e. The second-order valence-electron chi connectivity index (χ2n) is 8.06. The van der Waals surface area contributed by atoms with Gasteiger partial charge in [-0.25, -0.2) is 0 Å². The summed E-state index contributed by atoms with van der Waals surface area (Å²) in [5, 5.41) is 0. The van der Waals surface area contributed by atoms with Crippen molar-refractivity contribution in [3.63, 3.8) is 0 Å². The Bertz CT molecular complexity index is 270. The van der Waals surface area contributed by atoms with E-state index in [0.717, 1.165) is 17.8 Å². The minimum atomic E-state index is 0.616. The molecule has 0 atom stereocenters. The zero-order chi connectivity index (χ0) is 15.1. The molecule has 2 saturated carbocycles. The van der Waals surface area contributed by atoms with Crippen LogP contribution in [0.15, 0.2) is 0 Å². The van der Waals surface area contributed by atoms with E-state index in [2.05, 4.69) is 32.5 Å². The Labute approximate surface area is 138 Å². The monoisotopic (exact) mass is 310 g/mol. The Hall–Kier alpha value is 0.350. The molecule has 0 radical (unpaired) electrons. The summed E-state index contributed by atoms with van der Waals surface area (Å²) >= 11 is 2.28. The largest absolute Gasteiger partial charge is 0.155 e. The summed E-state index contributed by atoms with van der Waals surface area (Å²) in [6, 6.07) is 0. The second kappa shape index (κ2) is 8.85. The van der Waals surface area contributed by atoms with Crippen molar-refractivity contribution < 1.29 is 0 Å². The van der Waals surface area contributed by atoms with Crippen LogP contribution in [0.25, 0.3) is 0 Å². The van der Waals surface area contributed by atoms with Crippen molar-refractivity contribution in [2.75, 3.05) is 5.75 Å². The molecule has 1 heteroatoms. The van der Waals surface area contributed by atoms with Gasteiger partial charge in [-0.05, 0) is 68.5 Å². The van der Waals surface area contributed by atoms with Crippen molar-refractivity contribution in [3.05, 3.63) is 0 Å². The Morgan fingerprint density at radius 1 is 0.857 bits per heavy atom. The zero-order valence-corrected chi connectivity index (χ0v) is 15.6. The molecule has 0 aromatic carbocycles. The highest BCUT2D eigenvalue weighted by atomic mass is 32.2. The van der Waals surface area contributed by atoms with E-state index >= 15 is 0 Å². The van der Waals surface area contributed by atoms with Crippen LogP contribution in [0.1, 0.15) is 97.8 Å². The lowest BCUT2D eigenvalue weighted by Gasteiger charge is -2.42. The molecule has 0 aliphatic heterocycles. The van der Waals surface area contributed by atoms with E-state index in [0.29, 0.717) is 4.75 Å². The van der Waals surface area contributed by atoms with E-state index in [1.165, 1.54) is 70.0 Å². The Balaban J connectivity index is 1.69. The van der Waals surface area contributed by atoms with Gasteiger partial charge in [-0.15, -0.1) is 0 Å². The van der Waals surface area contributed by atoms with Gasteiger partial charge in [0, 0.05) is 4.75 Å². The molecule has 2 rings (SSSR count). The van der Waals surface area contributed by atoms with Crippen LogP contribution in [0, 0.1) is 17.8 Å². The predicted molar refractivity (Wildman–Crippen MR) is 98.1 cm³/mol. The van der Waals surface area contributed by atoms with Crippen molar-refractivity contribution in [1.82, 2.24) is 0 Å². The lowest BCUT2D eigenvalue weighted by atomic mass is 9.69. The molecule has 2 aliphatic rings. The van der Waals surface area contributed by atoms with Crippen LogP contribution >= 0.6 is 11.8 Å². The van der Waals surface area contributed by atoms with Gasteiger partial charge in [0.15, 0.2) is 0 Å². The molecule has 0 spiro atoms. The van der Waals surface area contributed by atoms with Crippen LogP contribution in [-0.4, -0.2) is 10.5 Å². The van der Waals surface area contributed by atoms with Gasteiger partial charge < -0.3 is 0 Å². The molecular weight excluding hydrogens is 272 g/mol. The standard InChI is InChI=1S/C20H38S/c1-4-6-16-21-20(3)14-12-19(13-15-20)18-10-8-17(7-5-2)9-11-18/h17-19H,4-16H2,1-3H3. The van der Waals surface area contributed by atoms with E-state index in [-0.39, 0.29) is 0 Å². The third kappa shape index (κ3) is 5.48. The molecule has 0 nitrogen and oxygen atoms in total. The van der Waals surface area contributed by atoms with E-state index < -0.39 is 0 Å². The van der Waals surface area contributed by atoms with E-state index in [1.807, 2.05) is 0 Å². The van der Waals surface area contributed by atoms with Crippen molar-refractivity contribution in [3.8, 4) is 0 Å². The zero-order valence-electron chi connectivity index (χ0n) is 14.8. The van der Waals surface area contributed by atoms with Crippen LogP contribution in [0.5, 0.6) is 0 Å². The number of hydrogen-bond acceptors (Lipinski definition) is 1. The van der Waals surface area contributed by atoms with Gasteiger partial charge in [-0.1, -0.05) is 52.9 Å². The van der Waals surface area contributed by atoms with E-state index in [1.54, 1.807) is 12.8 Å². The third-order valence-corrected chi connectivity index (χ3v) is 7.89. The first kappa shape index (κ1) is 17.7. The van der Waals surface area contributed by atoms with Crippen LogP contribution < -0.4 is 0 Å². The molecule has 0 aromatic rings. The first-order chi connectivity index (χ1) is 10.2. The number of hydrogen-bond donors (Lipinski definition) is 0. The first-order valence-corrected chi connectivity index (χ1v) is 10.8. The fraction of sp³-hybridized carbons (Fsp3) is 1.00.